The zero-order chi connectivity index (χ0) is 12.3. The summed E-state index contributed by atoms with van der Waals surface area (Å²) in [6.07, 6.45) is 0. The van der Waals surface area contributed by atoms with Gasteiger partial charge in [0.05, 0.1) is 16.8 Å². The number of ether oxygens (including phenoxy) is 1. The number of pyridine rings is 1. The molecule has 0 aliphatic carbocycles. The van der Waals surface area contributed by atoms with Crippen LogP contribution in [0.2, 0.25) is 0 Å². The minimum atomic E-state index is -0.271. The molecule has 4 heteroatoms. The number of hydrogen-bond acceptors (Lipinski definition) is 3. The molecule has 0 unspecified atom stereocenters. The highest BCUT2D eigenvalue weighted by atomic mass is 16.5. The summed E-state index contributed by atoms with van der Waals surface area (Å²) in [5, 5.41) is 2.12. The van der Waals surface area contributed by atoms with Gasteiger partial charge in [-0.05, 0) is 12.1 Å². The van der Waals surface area contributed by atoms with Crippen molar-refractivity contribution in [2.24, 2.45) is 7.05 Å². The zero-order valence-electron chi connectivity index (χ0n) is 9.80. The van der Waals surface area contributed by atoms with Gasteiger partial charge in [0.25, 0.3) is 0 Å². The number of aryl methyl sites for hydroxylation is 1. The first-order chi connectivity index (χ1) is 8.75. The molecule has 0 spiro atoms. The minimum Gasteiger partial charge on any atom is -0.455 e. The molecule has 2 aromatic heterocycles. The fourth-order valence-electron chi connectivity index (χ4n) is 2.60. The molecular weight excluding hydrogens is 228 g/mol. The lowest BCUT2D eigenvalue weighted by Crippen LogP contribution is -1.96. The van der Waals surface area contributed by atoms with E-state index >= 15 is 0 Å². The van der Waals surface area contributed by atoms with Crippen molar-refractivity contribution in [1.29, 1.82) is 0 Å². The highest BCUT2D eigenvalue weighted by Gasteiger charge is 2.24. The quantitative estimate of drug-likeness (QED) is 0.565. The Kier molecular flexibility index (Phi) is 1.66. The van der Waals surface area contributed by atoms with Crippen LogP contribution in [0.1, 0.15) is 16.1 Å². The van der Waals surface area contributed by atoms with Crippen molar-refractivity contribution in [1.82, 2.24) is 9.55 Å². The zero-order valence-corrected chi connectivity index (χ0v) is 9.80. The van der Waals surface area contributed by atoms with Crippen molar-refractivity contribution >= 4 is 27.9 Å². The Bertz CT molecular complexity index is 817. The molecule has 1 aliphatic rings. The molecule has 0 amide bonds. The minimum absolute atomic E-state index is 0.271. The van der Waals surface area contributed by atoms with Crippen LogP contribution in [0.3, 0.4) is 0 Å². The molecule has 88 valence electrons. The van der Waals surface area contributed by atoms with Crippen molar-refractivity contribution < 1.29 is 9.53 Å². The molecule has 0 saturated heterocycles. The number of aromatic nitrogens is 2. The molecule has 1 aliphatic heterocycles. The Hall–Kier alpha value is -2.36. The van der Waals surface area contributed by atoms with Crippen LogP contribution in [0, 0.1) is 0 Å². The maximum Gasteiger partial charge on any atom is 0.340 e. The topological polar surface area (TPSA) is 44.1 Å². The lowest BCUT2D eigenvalue weighted by molar-refractivity contribution is 0.0533. The molecule has 3 aromatic rings. The Morgan fingerprint density at radius 2 is 2.11 bits per heavy atom. The van der Waals surface area contributed by atoms with Crippen LogP contribution in [0.5, 0.6) is 0 Å². The van der Waals surface area contributed by atoms with Gasteiger partial charge >= 0.3 is 5.97 Å². The normalized spacial score (nSPS) is 14.2. The summed E-state index contributed by atoms with van der Waals surface area (Å²) in [6.45, 7) is 0.283. The van der Waals surface area contributed by atoms with E-state index in [2.05, 4.69) is 11.1 Å². The highest BCUT2D eigenvalue weighted by Crippen LogP contribution is 2.30. The molecule has 1 aromatic carbocycles. The van der Waals surface area contributed by atoms with Crippen molar-refractivity contribution in [3.63, 3.8) is 0 Å². The first kappa shape index (κ1) is 9.65. The van der Waals surface area contributed by atoms with Crippen LogP contribution in [0.4, 0.5) is 0 Å². The molecule has 0 radical (unpaired) electrons. The average Bonchev–Trinajstić information content (AvgIpc) is 2.90. The number of fused-ring (bicyclic) bond motifs is 4. The third kappa shape index (κ3) is 1.05. The number of para-hydroxylation sites is 1. The molecule has 0 fully saturated rings. The Balaban J connectivity index is 2.23. The van der Waals surface area contributed by atoms with Gasteiger partial charge in [-0.2, -0.15) is 0 Å². The van der Waals surface area contributed by atoms with Crippen molar-refractivity contribution in [3.8, 4) is 0 Å². The van der Waals surface area contributed by atoms with Crippen LogP contribution in [0.15, 0.2) is 30.3 Å². The summed E-state index contributed by atoms with van der Waals surface area (Å²) in [4.78, 5) is 16.1. The largest absolute Gasteiger partial charge is 0.455 e. The van der Waals surface area contributed by atoms with Crippen LogP contribution in [-0.2, 0) is 18.4 Å². The summed E-state index contributed by atoms with van der Waals surface area (Å²) in [5.41, 5.74) is 3.35. The maximum absolute atomic E-state index is 11.6. The van der Waals surface area contributed by atoms with E-state index in [0.29, 0.717) is 5.56 Å². The van der Waals surface area contributed by atoms with Gasteiger partial charge in [0.15, 0.2) is 0 Å². The number of carbonyl (C=O) groups excluding carboxylic acids is 1. The molecule has 0 bridgehead atoms. The molecule has 0 saturated carbocycles. The monoisotopic (exact) mass is 238 g/mol. The summed E-state index contributed by atoms with van der Waals surface area (Å²) < 4.78 is 7.05. The van der Waals surface area contributed by atoms with Crippen molar-refractivity contribution in [2.45, 2.75) is 6.61 Å². The van der Waals surface area contributed by atoms with E-state index < -0.39 is 0 Å². The van der Waals surface area contributed by atoms with Crippen LogP contribution in [0.25, 0.3) is 21.9 Å². The third-order valence-corrected chi connectivity index (χ3v) is 3.51. The third-order valence-electron chi connectivity index (χ3n) is 3.51. The number of cyclic esters (lactones) is 1. The van der Waals surface area contributed by atoms with Crippen LogP contribution in [-0.4, -0.2) is 15.5 Å². The lowest BCUT2D eigenvalue weighted by atomic mass is 10.1. The van der Waals surface area contributed by atoms with Crippen LogP contribution >= 0.6 is 0 Å². The van der Waals surface area contributed by atoms with Gasteiger partial charge in [-0.15, -0.1) is 0 Å². The van der Waals surface area contributed by atoms with Crippen LogP contribution < -0.4 is 0 Å². The molecule has 3 heterocycles. The highest BCUT2D eigenvalue weighted by molar-refractivity contribution is 6.09. The van der Waals surface area contributed by atoms with E-state index in [9.17, 15) is 4.79 Å². The smallest absolute Gasteiger partial charge is 0.340 e. The molecule has 4 nitrogen and oxygen atoms in total. The van der Waals surface area contributed by atoms with Gasteiger partial charge in [0.1, 0.15) is 12.3 Å². The van der Waals surface area contributed by atoms with Gasteiger partial charge in [-0.25, -0.2) is 9.78 Å². The summed E-state index contributed by atoms with van der Waals surface area (Å²) in [5.74, 6) is -0.271. The summed E-state index contributed by atoms with van der Waals surface area (Å²) in [7, 11) is 1.99. The molecular formula is C14H10N2O2. The lowest BCUT2D eigenvalue weighted by Gasteiger charge is -1.98. The van der Waals surface area contributed by atoms with E-state index in [1.807, 2.05) is 35.9 Å². The number of nitrogens with zero attached hydrogens (tertiary/aromatic N) is 2. The standard InChI is InChI=1S/C14H10N2O2/c1-16-12-5-3-2-4-8(12)9-6-10-11(15-13(9)16)7-18-14(10)17/h2-6H,7H2,1H3. The number of esters is 1. The van der Waals surface area contributed by atoms with Gasteiger partial charge in [0, 0.05) is 17.8 Å². The first-order valence-electron chi connectivity index (χ1n) is 5.80. The average molecular weight is 238 g/mol. The van der Waals surface area contributed by atoms with Gasteiger partial charge in [-0.1, -0.05) is 18.2 Å². The molecule has 18 heavy (non-hydrogen) atoms. The van der Waals surface area contributed by atoms with E-state index in [1.54, 1.807) is 0 Å². The first-order valence-corrected chi connectivity index (χ1v) is 5.80. The Morgan fingerprint density at radius 3 is 3.00 bits per heavy atom. The molecule has 0 N–H and O–H groups in total. The SMILES string of the molecule is Cn1c2ccccc2c2cc3c(nc21)COC3=O. The Labute approximate surface area is 103 Å². The second kappa shape index (κ2) is 3.10. The fraction of sp³-hybridized carbons (Fsp3) is 0.143. The number of benzene rings is 1. The van der Waals surface area contributed by atoms with Gasteiger partial charge < -0.3 is 9.30 Å². The maximum atomic E-state index is 11.6. The number of carbonyl (C=O) groups is 1. The number of hydrogen-bond donors (Lipinski definition) is 0. The number of rotatable bonds is 0. The predicted molar refractivity (Wildman–Crippen MR) is 67.3 cm³/mol. The summed E-state index contributed by atoms with van der Waals surface area (Å²) in [6, 6.07) is 10.00. The van der Waals surface area contributed by atoms with E-state index in [0.717, 1.165) is 27.6 Å². The second-order valence-corrected chi connectivity index (χ2v) is 4.51. The van der Waals surface area contributed by atoms with E-state index in [-0.39, 0.29) is 12.6 Å². The Morgan fingerprint density at radius 1 is 1.28 bits per heavy atom. The molecule has 0 atom stereocenters. The fourth-order valence-corrected chi connectivity index (χ4v) is 2.60. The summed E-state index contributed by atoms with van der Waals surface area (Å²) >= 11 is 0. The molecule has 4 rings (SSSR count). The van der Waals surface area contributed by atoms with Crippen molar-refractivity contribution in [3.05, 3.63) is 41.6 Å². The predicted octanol–water partition coefficient (Wildman–Crippen LogP) is 2.40. The van der Waals surface area contributed by atoms with Gasteiger partial charge in [-0.3, -0.25) is 0 Å². The van der Waals surface area contributed by atoms with Crippen molar-refractivity contribution in [2.75, 3.05) is 0 Å². The van der Waals surface area contributed by atoms with E-state index in [4.69, 9.17) is 4.74 Å². The van der Waals surface area contributed by atoms with Gasteiger partial charge in [0.2, 0.25) is 0 Å². The second-order valence-electron chi connectivity index (χ2n) is 4.51. The van der Waals surface area contributed by atoms with E-state index in [1.165, 1.54) is 0 Å².